The van der Waals surface area contributed by atoms with Gasteiger partial charge in [-0.1, -0.05) is 6.92 Å². The molecular weight excluding hydrogens is 156 g/mol. The molecule has 0 saturated carbocycles. The zero-order valence-corrected chi connectivity index (χ0v) is 7.71. The third kappa shape index (κ3) is 2.21. The largest absolute Gasteiger partial charge is 0.469 e. The molecule has 1 aliphatic rings. The maximum Gasteiger partial charge on any atom is 0.308 e. The van der Waals surface area contributed by atoms with Crippen LogP contribution in [0.4, 0.5) is 0 Å². The number of carbonyl (C=O) groups excluding carboxylic acids is 1. The van der Waals surface area contributed by atoms with E-state index in [0.717, 1.165) is 26.1 Å². The van der Waals surface area contributed by atoms with Crippen LogP contribution in [0.2, 0.25) is 0 Å². The first-order chi connectivity index (χ1) is 5.75. The Morgan fingerprint density at radius 1 is 1.50 bits per heavy atom. The van der Waals surface area contributed by atoms with Crippen molar-refractivity contribution in [3.05, 3.63) is 0 Å². The van der Waals surface area contributed by atoms with E-state index in [4.69, 9.17) is 4.74 Å². The number of esters is 1. The van der Waals surface area contributed by atoms with Crippen molar-refractivity contribution in [1.29, 1.82) is 0 Å². The summed E-state index contributed by atoms with van der Waals surface area (Å²) in [7, 11) is 1.44. The minimum Gasteiger partial charge on any atom is -0.469 e. The van der Waals surface area contributed by atoms with Crippen molar-refractivity contribution in [1.82, 2.24) is 0 Å². The molecule has 0 spiro atoms. The Balaban J connectivity index is 2.39. The monoisotopic (exact) mass is 172 g/mol. The smallest absolute Gasteiger partial charge is 0.308 e. The summed E-state index contributed by atoms with van der Waals surface area (Å²) >= 11 is 0. The van der Waals surface area contributed by atoms with Crippen molar-refractivity contribution in [2.24, 2.45) is 11.8 Å². The van der Waals surface area contributed by atoms with Crippen LogP contribution in [0, 0.1) is 11.8 Å². The summed E-state index contributed by atoms with van der Waals surface area (Å²) in [6.07, 6.45) is 1.96. The number of methoxy groups -OCH3 is 1. The second-order valence-corrected chi connectivity index (χ2v) is 3.26. The molecule has 1 fully saturated rings. The molecule has 1 rings (SSSR count). The molecule has 0 amide bonds. The highest BCUT2D eigenvalue weighted by Gasteiger charge is 2.26. The molecule has 0 N–H and O–H groups in total. The lowest BCUT2D eigenvalue weighted by atomic mass is 9.87. The molecule has 0 aliphatic carbocycles. The minimum atomic E-state index is -0.0955. The fourth-order valence-corrected chi connectivity index (χ4v) is 1.59. The second kappa shape index (κ2) is 4.45. The number of hydrogen-bond donors (Lipinski definition) is 0. The molecule has 0 unspecified atom stereocenters. The highest BCUT2D eigenvalue weighted by Crippen LogP contribution is 2.24. The first kappa shape index (κ1) is 9.52. The van der Waals surface area contributed by atoms with E-state index in [1.807, 2.05) is 6.92 Å². The van der Waals surface area contributed by atoms with E-state index in [1.54, 1.807) is 0 Å². The third-order valence-electron chi connectivity index (χ3n) is 2.55. The average molecular weight is 172 g/mol. The van der Waals surface area contributed by atoms with Crippen molar-refractivity contribution >= 4 is 5.97 Å². The van der Waals surface area contributed by atoms with Crippen LogP contribution in [-0.2, 0) is 14.3 Å². The third-order valence-corrected chi connectivity index (χ3v) is 2.55. The van der Waals surface area contributed by atoms with Gasteiger partial charge in [0.1, 0.15) is 0 Å². The van der Waals surface area contributed by atoms with Crippen LogP contribution in [0.3, 0.4) is 0 Å². The molecule has 0 aromatic rings. The fraction of sp³-hybridized carbons (Fsp3) is 0.889. The number of hydrogen-bond acceptors (Lipinski definition) is 3. The van der Waals surface area contributed by atoms with Crippen LogP contribution in [0.5, 0.6) is 0 Å². The summed E-state index contributed by atoms with van der Waals surface area (Å²) in [5, 5.41) is 0. The maximum atomic E-state index is 11.1. The molecule has 1 aliphatic heterocycles. The Kier molecular flexibility index (Phi) is 3.53. The fourth-order valence-electron chi connectivity index (χ4n) is 1.59. The van der Waals surface area contributed by atoms with Crippen LogP contribution < -0.4 is 0 Å². The van der Waals surface area contributed by atoms with E-state index >= 15 is 0 Å². The van der Waals surface area contributed by atoms with Gasteiger partial charge in [-0.3, -0.25) is 4.79 Å². The molecule has 1 saturated heterocycles. The highest BCUT2D eigenvalue weighted by atomic mass is 16.5. The molecule has 12 heavy (non-hydrogen) atoms. The highest BCUT2D eigenvalue weighted by molar-refractivity contribution is 5.72. The molecule has 3 heteroatoms. The van der Waals surface area contributed by atoms with Gasteiger partial charge in [-0.15, -0.1) is 0 Å². The minimum absolute atomic E-state index is 0.0268. The molecule has 3 nitrogen and oxygen atoms in total. The lowest BCUT2D eigenvalue weighted by molar-refractivity contribution is -0.147. The first-order valence-electron chi connectivity index (χ1n) is 4.41. The van der Waals surface area contributed by atoms with Gasteiger partial charge in [-0.25, -0.2) is 0 Å². The second-order valence-electron chi connectivity index (χ2n) is 3.26. The van der Waals surface area contributed by atoms with Gasteiger partial charge in [0.15, 0.2) is 0 Å². The molecule has 70 valence electrons. The van der Waals surface area contributed by atoms with Gasteiger partial charge in [-0.05, 0) is 18.8 Å². The molecule has 0 aromatic carbocycles. The number of ether oxygens (including phenoxy) is 2. The maximum absolute atomic E-state index is 11.1. The van der Waals surface area contributed by atoms with Crippen LogP contribution in [-0.4, -0.2) is 26.3 Å². The molecular formula is C9H16O3. The van der Waals surface area contributed by atoms with E-state index in [0.29, 0.717) is 5.92 Å². The zero-order chi connectivity index (χ0) is 8.97. The van der Waals surface area contributed by atoms with Gasteiger partial charge < -0.3 is 9.47 Å². The number of carbonyl (C=O) groups is 1. The van der Waals surface area contributed by atoms with E-state index in [-0.39, 0.29) is 11.9 Å². The SMILES string of the molecule is COC(=O)[C@H](C)C1CCOCC1. The van der Waals surface area contributed by atoms with Crippen molar-refractivity contribution in [3.8, 4) is 0 Å². The van der Waals surface area contributed by atoms with Crippen LogP contribution in [0.25, 0.3) is 0 Å². The van der Waals surface area contributed by atoms with Gasteiger partial charge >= 0.3 is 5.97 Å². The normalized spacial score (nSPS) is 21.8. The summed E-state index contributed by atoms with van der Waals surface area (Å²) in [6.45, 7) is 3.50. The van der Waals surface area contributed by atoms with E-state index in [9.17, 15) is 4.79 Å². The van der Waals surface area contributed by atoms with Crippen molar-refractivity contribution < 1.29 is 14.3 Å². The predicted octanol–water partition coefficient (Wildman–Crippen LogP) is 1.22. The van der Waals surface area contributed by atoms with Gasteiger partial charge in [0.2, 0.25) is 0 Å². The van der Waals surface area contributed by atoms with Gasteiger partial charge in [0.25, 0.3) is 0 Å². The lowest BCUT2D eigenvalue weighted by Gasteiger charge is -2.25. The summed E-state index contributed by atoms with van der Waals surface area (Å²) in [5.41, 5.74) is 0. The number of rotatable bonds is 2. The Morgan fingerprint density at radius 2 is 2.08 bits per heavy atom. The molecule has 1 atom stereocenters. The van der Waals surface area contributed by atoms with E-state index in [1.165, 1.54) is 7.11 Å². The van der Waals surface area contributed by atoms with Crippen LogP contribution in [0.15, 0.2) is 0 Å². The van der Waals surface area contributed by atoms with Gasteiger partial charge in [-0.2, -0.15) is 0 Å². The standard InChI is InChI=1S/C9H16O3/c1-7(9(10)11-2)8-3-5-12-6-4-8/h7-8H,3-6H2,1-2H3/t7-/m1/s1. The van der Waals surface area contributed by atoms with E-state index < -0.39 is 0 Å². The molecule has 0 bridgehead atoms. The molecule has 1 heterocycles. The summed E-state index contributed by atoms with van der Waals surface area (Å²) in [5.74, 6) is 0.381. The topological polar surface area (TPSA) is 35.5 Å². The lowest BCUT2D eigenvalue weighted by Crippen LogP contribution is -2.27. The Bertz CT molecular complexity index is 150. The van der Waals surface area contributed by atoms with Crippen molar-refractivity contribution in [3.63, 3.8) is 0 Å². The average Bonchev–Trinajstić information content (AvgIpc) is 2.17. The Hall–Kier alpha value is -0.570. The zero-order valence-electron chi connectivity index (χ0n) is 7.71. The van der Waals surface area contributed by atoms with Crippen molar-refractivity contribution in [2.45, 2.75) is 19.8 Å². The Morgan fingerprint density at radius 3 is 2.58 bits per heavy atom. The van der Waals surface area contributed by atoms with Crippen LogP contribution in [0.1, 0.15) is 19.8 Å². The van der Waals surface area contributed by atoms with Gasteiger partial charge in [0, 0.05) is 13.2 Å². The quantitative estimate of drug-likeness (QED) is 0.587. The van der Waals surface area contributed by atoms with Crippen molar-refractivity contribution in [2.75, 3.05) is 20.3 Å². The molecule has 0 radical (unpaired) electrons. The predicted molar refractivity (Wildman–Crippen MR) is 44.7 cm³/mol. The van der Waals surface area contributed by atoms with E-state index in [2.05, 4.69) is 4.74 Å². The van der Waals surface area contributed by atoms with Crippen LogP contribution >= 0.6 is 0 Å². The summed E-state index contributed by atoms with van der Waals surface area (Å²) < 4.78 is 9.90. The Labute approximate surface area is 73.0 Å². The summed E-state index contributed by atoms with van der Waals surface area (Å²) in [6, 6.07) is 0. The summed E-state index contributed by atoms with van der Waals surface area (Å²) in [4.78, 5) is 11.1. The molecule has 0 aromatic heterocycles. The van der Waals surface area contributed by atoms with Gasteiger partial charge in [0.05, 0.1) is 13.0 Å². The first-order valence-corrected chi connectivity index (χ1v) is 4.41.